The lowest BCUT2D eigenvalue weighted by molar-refractivity contribution is 0.106. The lowest BCUT2D eigenvalue weighted by Crippen LogP contribution is -2.31. The quantitative estimate of drug-likeness (QED) is 0.781. The third-order valence-corrected chi connectivity index (χ3v) is 3.05. The lowest BCUT2D eigenvalue weighted by Gasteiger charge is -2.13. The first kappa shape index (κ1) is 15.4. The van der Waals surface area contributed by atoms with Crippen molar-refractivity contribution in [3.05, 3.63) is 60.2 Å². The van der Waals surface area contributed by atoms with Crippen LogP contribution in [0.3, 0.4) is 0 Å². The van der Waals surface area contributed by atoms with E-state index in [1.807, 2.05) is 54.6 Å². The lowest BCUT2D eigenvalue weighted by atomic mass is 10.2. The predicted octanol–water partition coefficient (Wildman–Crippen LogP) is 2.22. The smallest absolute Gasteiger partial charge is 0.119 e. The number of aliphatic hydroxyl groups excluding tert-OH is 1. The van der Waals surface area contributed by atoms with Crippen LogP contribution in [0.4, 0.5) is 0 Å². The predicted molar refractivity (Wildman–Crippen MR) is 82.6 cm³/mol. The SMILES string of the molecule is COc1ccc(CNCC(O)COc2ccccc2)cc1. The fourth-order valence-electron chi connectivity index (χ4n) is 1.89. The second-order valence-corrected chi connectivity index (χ2v) is 4.76. The highest BCUT2D eigenvalue weighted by Gasteiger charge is 2.05. The zero-order chi connectivity index (χ0) is 14.9. The summed E-state index contributed by atoms with van der Waals surface area (Å²) in [5, 5.41) is 13.1. The molecule has 1 atom stereocenters. The van der Waals surface area contributed by atoms with Gasteiger partial charge in [0.2, 0.25) is 0 Å². The normalized spacial score (nSPS) is 11.9. The number of methoxy groups -OCH3 is 1. The summed E-state index contributed by atoms with van der Waals surface area (Å²) in [6.45, 7) is 1.46. The van der Waals surface area contributed by atoms with Gasteiger partial charge in [0.15, 0.2) is 0 Å². The van der Waals surface area contributed by atoms with E-state index in [0.717, 1.165) is 17.1 Å². The molecule has 21 heavy (non-hydrogen) atoms. The van der Waals surface area contributed by atoms with E-state index in [0.29, 0.717) is 13.1 Å². The molecule has 0 bridgehead atoms. The molecule has 2 N–H and O–H groups in total. The topological polar surface area (TPSA) is 50.7 Å². The van der Waals surface area contributed by atoms with Crippen LogP contribution in [0.15, 0.2) is 54.6 Å². The molecule has 0 aliphatic carbocycles. The molecule has 2 aromatic carbocycles. The van der Waals surface area contributed by atoms with Crippen LogP contribution in [0.2, 0.25) is 0 Å². The van der Waals surface area contributed by atoms with Crippen molar-refractivity contribution in [2.45, 2.75) is 12.6 Å². The summed E-state index contributed by atoms with van der Waals surface area (Å²) in [6.07, 6.45) is -0.538. The molecular formula is C17H21NO3. The molecule has 2 aromatic rings. The van der Waals surface area contributed by atoms with E-state index in [9.17, 15) is 5.11 Å². The Labute approximate surface area is 125 Å². The minimum Gasteiger partial charge on any atom is -0.497 e. The molecule has 0 aliphatic heterocycles. The number of rotatable bonds is 8. The van der Waals surface area contributed by atoms with E-state index in [1.54, 1.807) is 7.11 Å². The second kappa shape index (κ2) is 8.29. The molecule has 0 heterocycles. The zero-order valence-corrected chi connectivity index (χ0v) is 12.2. The molecule has 112 valence electrons. The number of aliphatic hydroxyl groups is 1. The summed E-state index contributed by atoms with van der Waals surface area (Å²) < 4.78 is 10.6. The maximum atomic E-state index is 9.86. The Kier molecular flexibility index (Phi) is 6.06. The van der Waals surface area contributed by atoms with Crippen LogP contribution in [0.1, 0.15) is 5.56 Å². The van der Waals surface area contributed by atoms with Gasteiger partial charge in [-0.05, 0) is 29.8 Å². The zero-order valence-electron chi connectivity index (χ0n) is 12.2. The van der Waals surface area contributed by atoms with Gasteiger partial charge in [-0.25, -0.2) is 0 Å². The van der Waals surface area contributed by atoms with Gasteiger partial charge in [0, 0.05) is 13.1 Å². The summed E-state index contributed by atoms with van der Waals surface area (Å²) in [6, 6.07) is 17.3. The van der Waals surface area contributed by atoms with Crippen LogP contribution in [0.25, 0.3) is 0 Å². The van der Waals surface area contributed by atoms with Gasteiger partial charge in [-0.3, -0.25) is 0 Å². The summed E-state index contributed by atoms with van der Waals surface area (Å²) in [7, 11) is 1.65. The first-order chi connectivity index (χ1) is 10.3. The van der Waals surface area contributed by atoms with Gasteiger partial charge in [0.25, 0.3) is 0 Å². The van der Waals surface area contributed by atoms with E-state index >= 15 is 0 Å². The van der Waals surface area contributed by atoms with Gasteiger partial charge < -0.3 is 19.9 Å². The molecular weight excluding hydrogens is 266 g/mol. The number of hydrogen-bond donors (Lipinski definition) is 2. The first-order valence-corrected chi connectivity index (χ1v) is 6.97. The number of benzene rings is 2. The number of nitrogens with one attached hydrogen (secondary N) is 1. The van der Waals surface area contributed by atoms with Crippen molar-refractivity contribution < 1.29 is 14.6 Å². The molecule has 2 rings (SSSR count). The largest absolute Gasteiger partial charge is 0.497 e. The third-order valence-electron chi connectivity index (χ3n) is 3.05. The van der Waals surface area contributed by atoms with Crippen LogP contribution in [0.5, 0.6) is 11.5 Å². The van der Waals surface area contributed by atoms with E-state index in [-0.39, 0.29) is 6.61 Å². The standard InChI is InChI=1S/C17H21NO3/c1-20-16-9-7-14(8-10-16)11-18-12-15(19)13-21-17-5-3-2-4-6-17/h2-10,15,18-19H,11-13H2,1H3. The molecule has 0 radical (unpaired) electrons. The van der Waals surface area contributed by atoms with Crippen molar-refractivity contribution in [2.75, 3.05) is 20.3 Å². The van der Waals surface area contributed by atoms with Crippen molar-refractivity contribution in [2.24, 2.45) is 0 Å². The fourth-order valence-corrected chi connectivity index (χ4v) is 1.89. The van der Waals surface area contributed by atoms with Gasteiger partial charge in [0.1, 0.15) is 24.2 Å². The molecule has 0 saturated carbocycles. The van der Waals surface area contributed by atoms with Crippen LogP contribution in [-0.4, -0.2) is 31.5 Å². The highest BCUT2D eigenvalue weighted by atomic mass is 16.5. The maximum absolute atomic E-state index is 9.86. The van der Waals surface area contributed by atoms with Gasteiger partial charge >= 0.3 is 0 Å². The average molecular weight is 287 g/mol. The van der Waals surface area contributed by atoms with Crippen LogP contribution in [0, 0.1) is 0 Å². The molecule has 0 spiro atoms. The molecule has 1 unspecified atom stereocenters. The Morgan fingerprint density at radius 3 is 2.38 bits per heavy atom. The Hall–Kier alpha value is -2.04. The van der Waals surface area contributed by atoms with Gasteiger partial charge in [0.05, 0.1) is 7.11 Å². The Bertz CT molecular complexity index is 513. The van der Waals surface area contributed by atoms with E-state index < -0.39 is 6.10 Å². The highest BCUT2D eigenvalue weighted by Crippen LogP contribution is 2.11. The molecule has 0 fully saturated rings. The van der Waals surface area contributed by atoms with Crippen molar-refractivity contribution in [1.29, 1.82) is 0 Å². The van der Waals surface area contributed by atoms with Gasteiger partial charge in [-0.1, -0.05) is 30.3 Å². The second-order valence-electron chi connectivity index (χ2n) is 4.76. The van der Waals surface area contributed by atoms with Crippen LogP contribution in [-0.2, 0) is 6.54 Å². The van der Waals surface area contributed by atoms with Crippen molar-refractivity contribution in [1.82, 2.24) is 5.32 Å². The minimum absolute atomic E-state index is 0.277. The maximum Gasteiger partial charge on any atom is 0.119 e. The third kappa shape index (κ3) is 5.45. The van der Waals surface area contributed by atoms with E-state index in [2.05, 4.69) is 5.32 Å². The minimum atomic E-state index is -0.538. The number of para-hydroxylation sites is 1. The molecule has 0 aromatic heterocycles. The molecule has 0 saturated heterocycles. The Morgan fingerprint density at radius 1 is 1.00 bits per heavy atom. The van der Waals surface area contributed by atoms with Crippen molar-refractivity contribution >= 4 is 0 Å². The monoisotopic (exact) mass is 287 g/mol. The number of hydrogen-bond acceptors (Lipinski definition) is 4. The van der Waals surface area contributed by atoms with E-state index in [1.165, 1.54) is 0 Å². The summed E-state index contributed by atoms with van der Waals surface area (Å²) >= 11 is 0. The Balaban J connectivity index is 1.65. The van der Waals surface area contributed by atoms with Crippen molar-refractivity contribution in [3.8, 4) is 11.5 Å². The molecule has 4 nitrogen and oxygen atoms in total. The van der Waals surface area contributed by atoms with Crippen LogP contribution >= 0.6 is 0 Å². The van der Waals surface area contributed by atoms with E-state index in [4.69, 9.17) is 9.47 Å². The van der Waals surface area contributed by atoms with Crippen LogP contribution < -0.4 is 14.8 Å². The highest BCUT2D eigenvalue weighted by molar-refractivity contribution is 5.27. The first-order valence-electron chi connectivity index (χ1n) is 6.97. The summed E-state index contributed by atoms with van der Waals surface area (Å²) in [5.74, 6) is 1.61. The molecule has 0 amide bonds. The Morgan fingerprint density at radius 2 is 1.71 bits per heavy atom. The fraction of sp³-hybridized carbons (Fsp3) is 0.294. The number of ether oxygens (including phenoxy) is 2. The molecule has 4 heteroatoms. The van der Waals surface area contributed by atoms with Gasteiger partial charge in [-0.2, -0.15) is 0 Å². The summed E-state index contributed by atoms with van der Waals surface area (Å²) in [4.78, 5) is 0. The van der Waals surface area contributed by atoms with Crippen molar-refractivity contribution in [3.63, 3.8) is 0 Å². The van der Waals surface area contributed by atoms with Gasteiger partial charge in [-0.15, -0.1) is 0 Å². The molecule has 0 aliphatic rings. The average Bonchev–Trinajstić information content (AvgIpc) is 2.54. The summed E-state index contributed by atoms with van der Waals surface area (Å²) in [5.41, 5.74) is 1.15.